The molecule has 0 aromatic carbocycles. The van der Waals surface area contributed by atoms with Crippen LogP contribution in [0, 0.1) is 5.41 Å². The predicted molar refractivity (Wildman–Crippen MR) is 58.9 cm³/mol. The molecule has 1 atom stereocenters. The number of rotatable bonds is 5. The quantitative estimate of drug-likeness (QED) is 0.591. The van der Waals surface area contributed by atoms with E-state index in [9.17, 15) is 0 Å². The molecule has 0 aromatic rings. The number of allylic oxidation sites excluding steroid dienone is 2. The summed E-state index contributed by atoms with van der Waals surface area (Å²) in [6.45, 7) is 11.7. The van der Waals surface area contributed by atoms with Crippen LogP contribution in [0.15, 0.2) is 12.2 Å². The molecule has 0 saturated carbocycles. The van der Waals surface area contributed by atoms with Crippen molar-refractivity contribution in [2.75, 3.05) is 6.61 Å². The third-order valence-electron chi connectivity index (χ3n) is 1.78. The lowest BCUT2D eigenvalue weighted by Crippen LogP contribution is -2.19. The van der Waals surface area contributed by atoms with Crippen molar-refractivity contribution in [2.45, 2.75) is 53.6 Å². The van der Waals surface area contributed by atoms with Gasteiger partial charge in [-0.05, 0) is 32.1 Å². The molecule has 0 N–H and O–H groups in total. The first-order valence-corrected chi connectivity index (χ1v) is 5.18. The minimum atomic E-state index is 0.287. The van der Waals surface area contributed by atoms with E-state index in [1.54, 1.807) is 0 Å². The molecule has 13 heavy (non-hydrogen) atoms. The van der Waals surface area contributed by atoms with E-state index >= 15 is 0 Å². The molecule has 0 radical (unpaired) electrons. The van der Waals surface area contributed by atoms with E-state index in [0.717, 1.165) is 19.4 Å². The Labute approximate surface area is 83.2 Å². The summed E-state index contributed by atoms with van der Waals surface area (Å²) in [7, 11) is 0. The highest BCUT2D eigenvalue weighted by molar-refractivity contribution is 4.77. The third-order valence-corrected chi connectivity index (χ3v) is 1.78. The van der Waals surface area contributed by atoms with Gasteiger partial charge in [-0.3, -0.25) is 0 Å². The molecule has 0 spiro atoms. The summed E-state index contributed by atoms with van der Waals surface area (Å²) in [5.74, 6) is 0. The molecule has 1 nitrogen and oxygen atoms in total. The summed E-state index contributed by atoms with van der Waals surface area (Å²) in [6, 6.07) is 0. The predicted octanol–water partition coefficient (Wildman–Crippen LogP) is 3.79. The van der Waals surface area contributed by atoms with Gasteiger partial charge in [0.15, 0.2) is 0 Å². The molecule has 0 bridgehead atoms. The molecular weight excluding hydrogens is 160 g/mol. The summed E-state index contributed by atoms with van der Waals surface area (Å²) >= 11 is 0. The Bertz CT molecular complexity index is 142. The van der Waals surface area contributed by atoms with Crippen molar-refractivity contribution >= 4 is 0 Å². The summed E-state index contributed by atoms with van der Waals surface area (Å²) < 4.78 is 5.72. The summed E-state index contributed by atoms with van der Waals surface area (Å²) in [4.78, 5) is 0. The Morgan fingerprint density at radius 3 is 2.38 bits per heavy atom. The highest BCUT2D eigenvalue weighted by Crippen LogP contribution is 2.15. The Morgan fingerprint density at radius 1 is 1.31 bits per heavy atom. The van der Waals surface area contributed by atoms with E-state index in [-0.39, 0.29) is 5.41 Å². The first kappa shape index (κ1) is 12.7. The average molecular weight is 184 g/mol. The topological polar surface area (TPSA) is 9.23 Å². The number of ether oxygens (including phenoxy) is 1. The van der Waals surface area contributed by atoms with E-state index in [0.29, 0.717) is 6.10 Å². The minimum Gasteiger partial charge on any atom is -0.378 e. The molecule has 1 unspecified atom stereocenters. The Kier molecular flexibility index (Phi) is 6.06. The van der Waals surface area contributed by atoms with Crippen LogP contribution >= 0.6 is 0 Å². The van der Waals surface area contributed by atoms with Crippen LogP contribution in [0.25, 0.3) is 0 Å². The molecule has 0 aliphatic rings. The maximum Gasteiger partial charge on any atom is 0.0550 e. The molecule has 0 aliphatic heterocycles. The van der Waals surface area contributed by atoms with Crippen LogP contribution in [0.1, 0.15) is 47.5 Å². The fourth-order valence-electron chi connectivity index (χ4n) is 0.973. The van der Waals surface area contributed by atoms with Crippen LogP contribution in [0.3, 0.4) is 0 Å². The average Bonchev–Trinajstić information content (AvgIpc) is 2.00. The van der Waals surface area contributed by atoms with Gasteiger partial charge in [-0.1, -0.05) is 32.9 Å². The van der Waals surface area contributed by atoms with E-state index in [1.165, 1.54) is 0 Å². The highest BCUT2D eigenvalue weighted by Gasteiger charge is 2.12. The zero-order valence-electron chi connectivity index (χ0n) is 9.76. The van der Waals surface area contributed by atoms with Gasteiger partial charge in [0.2, 0.25) is 0 Å². The molecule has 0 rings (SSSR count). The lowest BCUT2D eigenvalue weighted by molar-refractivity contribution is 0.0150. The zero-order chi connectivity index (χ0) is 10.3. The standard InChI is InChI=1S/C12H24O/c1-6-7-8-9-11(2)13-10-12(3,4)5/h6-7,11H,8-10H2,1-5H3. The fourth-order valence-corrected chi connectivity index (χ4v) is 0.973. The molecule has 0 heterocycles. The summed E-state index contributed by atoms with van der Waals surface area (Å²) in [5.41, 5.74) is 0.287. The Morgan fingerprint density at radius 2 is 1.92 bits per heavy atom. The molecule has 0 aliphatic carbocycles. The van der Waals surface area contributed by atoms with Gasteiger partial charge in [0.25, 0.3) is 0 Å². The zero-order valence-corrected chi connectivity index (χ0v) is 9.76. The third kappa shape index (κ3) is 9.62. The lowest BCUT2D eigenvalue weighted by atomic mass is 9.98. The van der Waals surface area contributed by atoms with Crippen LogP contribution in [-0.4, -0.2) is 12.7 Å². The largest absolute Gasteiger partial charge is 0.378 e. The molecule has 0 aromatic heterocycles. The van der Waals surface area contributed by atoms with Crippen molar-refractivity contribution in [3.05, 3.63) is 12.2 Å². The maximum atomic E-state index is 5.72. The minimum absolute atomic E-state index is 0.287. The lowest BCUT2D eigenvalue weighted by Gasteiger charge is -2.21. The van der Waals surface area contributed by atoms with Crippen LogP contribution in [0.5, 0.6) is 0 Å². The molecule has 0 fully saturated rings. The van der Waals surface area contributed by atoms with Crippen molar-refractivity contribution in [2.24, 2.45) is 5.41 Å². The van der Waals surface area contributed by atoms with Crippen LogP contribution < -0.4 is 0 Å². The Hall–Kier alpha value is -0.300. The second kappa shape index (κ2) is 6.20. The molecule has 78 valence electrons. The van der Waals surface area contributed by atoms with E-state index in [1.807, 2.05) is 0 Å². The number of hydrogen-bond acceptors (Lipinski definition) is 1. The first-order chi connectivity index (χ1) is 5.95. The van der Waals surface area contributed by atoms with Crippen LogP contribution in [0.4, 0.5) is 0 Å². The van der Waals surface area contributed by atoms with E-state index in [4.69, 9.17) is 4.74 Å². The SMILES string of the molecule is CC=CCCC(C)OCC(C)(C)C. The van der Waals surface area contributed by atoms with Gasteiger partial charge in [0.1, 0.15) is 0 Å². The molecule has 0 amide bonds. The van der Waals surface area contributed by atoms with Gasteiger partial charge in [0.05, 0.1) is 12.7 Å². The van der Waals surface area contributed by atoms with Gasteiger partial charge in [0, 0.05) is 0 Å². The maximum absolute atomic E-state index is 5.72. The van der Waals surface area contributed by atoms with Gasteiger partial charge in [-0.25, -0.2) is 0 Å². The van der Waals surface area contributed by atoms with Crippen molar-refractivity contribution in [1.82, 2.24) is 0 Å². The van der Waals surface area contributed by atoms with E-state index in [2.05, 4.69) is 46.8 Å². The highest BCUT2D eigenvalue weighted by atomic mass is 16.5. The first-order valence-electron chi connectivity index (χ1n) is 5.18. The smallest absolute Gasteiger partial charge is 0.0550 e. The van der Waals surface area contributed by atoms with Crippen molar-refractivity contribution in [1.29, 1.82) is 0 Å². The normalized spacial score (nSPS) is 15.2. The molecule has 0 saturated heterocycles. The van der Waals surface area contributed by atoms with Gasteiger partial charge in [-0.15, -0.1) is 0 Å². The summed E-state index contributed by atoms with van der Waals surface area (Å²) in [6.07, 6.45) is 6.92. The van der Waals surface area contributed by atoms with Crippen molar-refractivity contribution in [3.63, 3.8) is 0 Å². The van der Waals surface area contributed by atoms with Crippen molar-refractivity contribution < 1.29 is 4.74 Å². The van der Waals surface area contributed by atoms with Gasteiger partial charge >= 0.3 is 0 Å². The van der Waals surface area contributed by atoms with Crippen LogP contribution in [0.2, 0.25) is 0 Å². The monoisotopic (exact) mass is 184 g/mol. The second-order valence-corrected chi connectivity index (χ2v) is 4.83. The number of hydrogen-bond donors (Lipinski definition) is 0. The fraction of sp³-hybridized carbons (Fsp3) is 0.833. The van der Waals surface area contributed by atoms with Gasteiger partial charge in [-0.2, -0.15) is 0 Å². The van der Waals surface area contributed by atoms with E-state index < -0.39 is 0 Å². The van der Waals surface area contributed by atoms with Crippen molar-refractivity contribution in [3.8, 4) is 0 Å². The molecule has 1 heteroatoms. The molecular formula is C12H24O. The summed E-state index contributed by atoms with van der Waals surface area (Å²) in [5, 5.41) is 0. The second-order valence-electron chi connectivity index (χ2n) is 4.83. The Balaban J connectivity index is 3.46. The van der Waals surface area contributed by atoms with Crippen LogP contribution in [-0.2, 0) is 4.74 Å². The van der Waals surface area contributed by atoms with Gasteiger partial charge < -0.3 is 4.74 Å².